The molecule has 0 atom stereocenters. The maximum Gasteiger partial charge on any atom is 0.410 e. The van der Waals surface area contributed by atoms with Crippen LogP contribution >= 0.6 is 11.3 Å². The fraction of sp³-hybridized carbons (Fsp3) is 0.375. The zero-order chi connectivity index (χ0) is 24.1. The SMILES string of the molecule is CC(C)(C)OC(=O)N1CCN(c2ccc(NC(=O)Cc3csc(-c4cccnc4)n3)nc2)CC1. The van der Waals surface area contributed by atoms with Crippen LogP contribution < -0.4 is 10.2 Å². The highest BCUT2D eigenvalue weighted by Crippen LogP contribution is 2.23. The molecular weight excluding hydrogens is 452 g/mol. The minimum Gasteiger partial charge on any atom is -0.444 e. The van der Waals surface area contributed by atoms with Crippen LogP contribution in [0.5, 0.6) is 0 Å². The molecule has 3 aromatic rings. The molecule has 10 heteroatoms. The van der Waals surface area contributed by atoms with E-state index in [0.717, 1.165) is 16.3 Å². The third-order valence-electron chi connectivity index (χ3n) is 5.11. The van der Waals surface area contributed by atoms with Crippen molar-refractivity contribution in [2.24, 2.45) is 0 Å². The Balaban J connectivity index is 1.27. The van der Waals surface area contributed by atoms with Crippen LogP contribution in [0.2, 0.25) is 0 Å². The summed E-state index contributed by atoms with van der Waals surface area (Å²) < 4.78 is 5.45. The van der Waals surface area contributed by atoms with Crippen molar-refractivity contribution >= 4 is 34.8 Å². The van der Waals surface area contributed by atoms with Gasteiger partial charge in [0, 0.05) is 49.5 Å². The monoisotopic (exact) mass is 480 g/mol. The van der Waals surface area contributed by atoms with E-state index in [1.807, 2.05) is 44.4 Å². The first-order valence-corrected chi connectivity index (χ1v) is 12.0. The first-order valence-electron chi connectivity index (χ1n) is 11.1. The van der Waals surface area contributed by atoms with Gasteiger partial charge in [-0.05, 0) is 45.0 Å². The number of amides is 2. The Morgan fingerprint density at radius 3 is 2.56 bits per heavy atom. The van der Waals surface area contributed by atoms with Crippen LogP contribution in [0.25, 0.3) is 10.6 Å². The minimum atomic E-state index is -0.500. The van der Waals surface area contributed by atoms with Crippen molar-refractivity contribution in [2.45, 2.75) is 32.8 Å². The number of nitrogens with one attached hydrogen (secondary N) is 1. The van der Waals surface area contributed by atoms with Gasteiger partial charge in [0.2, 0.25) is 5.91 Å². The third kappa shape index (κ3) is 6.28. The number of rotatable bonds is 5. The molecule has 0 spiro atoms. The molecule has 4 rings (SSSR count). The molecule has 0 bridgehead atoms. The molecule has 178 valence electrons. The fourth-order valence-corrected chi connectivity index (χ4v) is 4.29. The van der Waals surface area contributed by atoms with Crippen molar-refractivity contribution < 1.29 is 14.3 Å². The van der Waals surface area contributed by atoms with Crippen molar-refractivity contribution in [3.8, 4) is 10.6 Å². The Morgan fingerprint density at radius 2 is 1.91 bits per heavy atom. The molecule has 4 heterocycles. The predicted molar refractivity (Wildman–Crippen MR) is 132 cm³/mol. The van der Waals surface area contributed by atoms with Crippen molar-refractivity contribution in [1.29, 1.82) is 0 Å². The van der Waals surface area contributed by atoms with Crippen molar-refractivity contribution in [1.82, 2.24) is 19.9 Å². The second-order valence-corrected chi connectivity index (χ2v) is 9.82. The quantitative estimate of drug-likeness (QED) is 0.592. The number of carbonyl (C=O) groups is 2. The second kappa shape index (κ2) is 10.2. The standard InChI is InChI=1S/C24H28N6O3S/c1-24(2,3)33-23(32)30-11-9-29(10-12-30)19-6-7-20(26-15-19)28-21(31)13-18-16-34-22(27-18)17-5-4-8-25-14-17/h4-8,14-16H,9-13H2,1-3H3,(H,26,28,31). The molecule has 0 saturated carbocycles. The largest absolute Gasteiger partial charge is 0.444 e. The number of hydrogen-bond donors (Lipinski definition) is 1. The van der Waals surface area contributed by atoms with E-state index in [2.05, 4.69) is 25.2 Å². The number of thiazole rings is 1. The smallest absolute Gasteiger partial charge is 0.410 e. The molecule has 9 nitrogen and oxygen atoms in total. The summed E-state index contributed by atoms with van der Waals surface area (Å²) in [6, 6.07) is 7.52. The fourth-order valence-electron chi connectivity index (χ4n) is 3.48. The molecule has 2 amide bonds. The number of pyridine rings is 2. The van der Waals surface area contributed by atoms with E-state index in [4.69, 9.17) is 4.74 Å². The number of hydrogen-bond acceptors (Lipinski definition) is 8. The molecule has 1 saturated heterocycles. The van der Waals surface area contributed by atoms with Crippen molar-refractivity contribution in [3.63, 3.8) is 0 Å². The van der Waals surface area contributed by atoms with Crippen LogP contribution in [0.4, 0.5) is 16.3 Å². The van der Waals surface area contributed by atoms with E-state index < -0.39 is 5.60 Å². The van der Waals surface area contributed by atoms with Gasteiger partial charge in [0.15, 0.2) is 0 Å². The highest BCUT2D eigenvalue weighted by atomic mass is 32.1. The minimum absolute atomic E-state index is 0.172. The van der Waals surface area contributed by atoms with E-state index in [1.54, 1.807) is 29.6 Å². The molecule has 1 fully saturated rings. The average molecular weight is 481 g/mol. The molecule has 0 unspecified atom stereocenters. The molecule has 1 aliphatic rings. The lowest BCUT2D eigenvalue weighted by molar-refractivity contribution is -0.115. The Morgan fingerprint density at radius 1 is 1.12 bits per heavy atom. The topological polar surface area (TPSA) is 101 Å². The van der Waals surface area contributed by atoms with Crippen molar-refractivity contribution in [2.75, 3.05) is 36.4 Å². The number of ether oxygens (including phenoxy) is 1. The van der Waals surface area contributed by atoms with Gasteiger partial charge in [-0.15, -0.1) is 11.3 Å². The first kappa shape index (κ1) is 23.6. The molecule has 3 aromatic heterocycles. The Kier molecular flexibility index (Phi) is 7.06. The summed E-state index contributed by atoms with van der Waals surface area (Å²) in [5.41, 5.74) is 2.09. The number of anilines is 2. The zero-order valence-corrected chi connectivity index (χ0v) is 20.3. The lowest BCUT2D eigenvalue weighted by atomic mass is 10.2. The third-order valence-corrected chi connectivity index (χ3v) is 6.05. The van der Waals surface area contributed by atoms with Gasteiger partial charge in [-0.3, -0.25) is 9.78 Å². The molecule has 0 radical (unpaired) electrons. The van der Waals surface area contributed by atoms with Gasteiger partial charge in [0.1, 0.15) is 16.4 Å². The van der Waals surface area contributed by atoms with Gasteiger partial charge >= 0.3 is 6.09 Å². The number of piperazine rings is 1. The normalized spacial score (nSPS) is 14.1. The summed E-state index contributed by atoms with van der Waals surface area (Å²) >= 11 is 1.49. The summed E-state index contributed by atoms with van der Waals surface area (Å²) in [5, 5.41) is 5.55. The van der Waals surface area contributed by atoms with Gasteiger partial charge in [0.05, 0.1) is 24.0 Å². The number of carbonyl (C=O) groups excluding carboxylic acids is 2. The summed E-state index contributed by atoms with van der Waals surface area (Å²) in [6.07, 6.45) is 5.10. The molecule has 34 heavy (non-hydrogen) atoms. The van der Waals surface area contributed by atoms with Crippen molar-refractivity contribution in [3.05, 3.63) is 53.9 Å². The van der Waals surface area contributed by atoms with Crippen LogP contribution in [0, 0.1) is 0 Å². The lowest BCUT2D eigenvalue weighted by Crippen LogP contribution is -2.50. The van der Waals surface area contributed by atoms with Gasteiger partial charge in [-0.1, -0.05) is 0 Å². The van der Waals surface area contributed by atoms with Crippen LogP contribution in [-0.4, -0.2) is 63.6 Å². The summed E-state index contributed by atoms with van der Waals surface area (Å²) in [7, 11) is 0. The van der Waals surface area contributed by atoms with Gasteiger partial charge < -0.3 is 19.9 Å². The molecule has 0 aliphatic carbocycles. The van der Waals surface area contributed by atoms with Gasteiger partial charge in [-0.25, -0.2) is 14.8 Å². The van der Waals surface area contributed by atoms with Gasteiger partial charge in [0.25, 0.3) is 0 Å². The van der Waals surface area contributed by atoms with E-state index >= 15 is 0 Å². The number of nitrogens with zero attached hydrogens (tertiary/aromatic N) is 5. The van der Waals surface area contributed by atoms with E-state index in [9.17, 15) is 9.59 Å². The van der Waals surface area contributed by atoms with Crippen LogP contribution in [0.3, 0.4) is 0 Å². The van der Waals surface area contributed by atoms with Crippen LogP contribution in [0.15, 0.2) is 48.2 Å². The zero-order valence-electron chi connectivity index (χ0n) is 19.5. The van der Waals surface area contributed by atoms with E-state index in [-0.39, 0.29) is 18.4 Å². The maximum atomic E-state index is 12.5. The first-order chi connectivity index (χ1) is 16.3. The molecule has 1 N–H and O–H groups in total. The Hall–Kier alpha value is -3.53. The van der Waals surface area contributed by atoms with Crippen LogP contribution in [0.1, 0.15) is 26.5 Å². The highest BCUT2D eigenvalue weighted by molar-refractivity contribution is 7.13. The maximum absolute atomic E-state index is 12.5. The molecular formula is C24H28N6O3S. The summed E-state index contributed by atoms with van der Waals surface area (Å²) in [4.78, 5) is 41.6. The van der Waals surface area contributed by atoms with E-state index in [0.29, 0.717) is 37.7 Å². The predicted octanol–water partition coefficient (Wildman–Crippen LogP) is 3.84. The second-order valence-electron chi connectivity index (χ2n) is 8.97. The molecule has 1 aliphatic heterocycles. The summed E-state index contributed by atoms with van der Waals surface area (Å²) in [5.74, 6) is 0.318. The highest BCUT2D eigenvalue weighted by Gasteiger charge is 2.26. The number of aromatic nitrogens is 3. The average Bonchev–Trinajstić information content (AvgIpc) is 3.27. The Bertz CT molecular complexity index is 1120. The molecule has 0 aromatic carbocycles. The Labute approximate surface area is 202 Å². The van der Waals surface area contributed by atoms with Crippen LogP contribution in [-0.2, 0) is 16.0 Å². The summed E-state index contributed by atoms with van der Waals surface area (Å²) in [6.45, 7) is 8.15. The van der Waals surface area contributed by atoms with Gasteiger partial charge in [-0.2, -0.15) is 0 Å². The van der Waals surface area contributed by atoms with E-state index in [1.165, 1.54) is 11.3 Å². The lowest BCUT2D eigenvalue weighted by Gasteiger charge is -2.36.